The third kappa shape index (κ3) is 2.66. The molecule has 1 aliphatic rings. The number of carboxylic acid groups (broad SMARTS) is 1. The molecule has 0 radical (unpaired) electrons. The number of carbonyl (C=O) groups is 1. The van der Waals surface area contributed by atoms with Gasteiger partial charge in [-0.2, -0.15) is 0 Å². The molecule has 1 aromatic carbocycles. The highest BCUT2D eigenvalue weighted by molar-refractivity contribution is 6.29. The Balaban J connectivity index is 1.80. The lowest BCUT2D eigenvalue weighted by atomic mass is 9.94. The van der Waals surface area contributed by atoms with Crippen molar-refractivity contribution in [2.24, 2.45) is 7.05 Å². The summed E-state index contributed by atoms with van der Waals surface area (Å²) in [6.07, 6.45) is 2.40. The van der Waals surface area contributed by atoms with Crippen LogP contribution in [0.4, 0.5) is 0 Å². The van der Waals surface area contributed by atoms with Gasteiger partial charge in [0, 0.05) is 20.1 Å². The fourth-order valence-electron chi connectivity index (χ4n) is 2.77. The topological polar surface area (TPSA) is 58.4 Å². The summed E-state index contributed by atoms with van der Waals surface area (Å²) in [4.78, 5) is 17.8. The first-order valence-electron chi connectivity index (χ1n) is 6.78. The number of aromatic carboxylic acids is 1. The molecule has 0 atom stereocenters. The van der Waals surface area contributed by atoms with Crippen molar-refractivity contribution >= 4 is 17.6 Å². The first kappa shape index (κ1) is 14.1. The molecule has 21 heavy (non-hydrogen) atoms. The van der Waals surface area contributed by atoms with Crippen molar-refractivity contribution in [3.05, 3.63) is 52.1 Å². The largest absolute Gasteiger partial charge is 0.478 e. The third-order valence-electron chi connectivity index (χ3n) is 3.97. The van der Waals surface area contributed by atoms with E-state index in [9.17, 15) is 9.90 Å². The van der Waals surface area contributed by atoms with Crippen LogP contribution in [0.3, 0.4) is 0 Å². The van der Waals surface area contributed by atoms with E-state index in [0.717, 1.165) is 36.5 Å². The SMILES string of the molecule is Cn1c(Cl)cnc1CN1CCc2c(cccc2C(=O)O)C1. The van der Waals surface area contributed by atoms with Crippen molar-refractivity contribution in [2.75, 3.05) is 6.54 Å². The second kappa shape index (κ2) is 5.50. The normalized spacial score (nSPS) is 15.0. The summed E-state index contributed by atoms with van der Waals surface area (Å²) in [6.45, 7) is 2.27. The van der Waals surface area contributed by atoms with E-state index in [-0.39, 0.29) is 0 Å². The number of hydrogen-bond donors (Lipinski definition) is 1. The Morgan fingerprint density at radius 2 is 2.29 bits per heavy atom. The minimum atomic E-state index is -0.851. The monoisotopic (exact) mass is 305 g/mol. The van der Waals surface area contributed by atoms with Crippen LogP contribution in [-0.4, -0.2) is 32.1 Å². The molecule has 5 nitrogen and oxygen atoms in total. The zero-order chi connectivity index (χ0) is 15.0. The van der Waals surface area contributed by atoms with E-state index in [0.29, 0.717) is 17.3 Å². The summed E-state index contributed by atoms with van der Waals surface area (Å²) >= 11 is 6.00. The van der Waals surface area contributed by atoms with Gasteiger partial charge in [0.15, 0.2) is 0 Å². The van der Waals surface area contributed by atoms with E-state index < -0.39 is 5.97 Å². The summed E-state index contributed by atoms with van der Waals surface area (Å²) in [5.41, 5.74) is 2.47. The molecule has 1 aliphatic heterocycles. The van der Waals surface area contributed by atoms with Gasteiger partial charge in [-0.05, 0) is 23.6 Å². The molecule has 0 aliphatic carbocycles. The van der Waals surface area contributed by atoms with E-state index in [4.69, 9.17) is 11.6 Å². The van der Waals surface area contributed by atoms with Crippen molar-refractivity contribution in [3.8, 4) is 0 Å². The summed E-state index contributed by atoms with van der Waals surface area (Å²) in [5.74, 6) is 0.0639. The molecule has 0 saturated heterocycles. The van der Waals surface area contributed by atoms with Gasteiger partial charge < -0.3 is 9.67 Å². The summed E-state index contributed by atoms with van der Waals surface area (Å²) < 4.78 is 1.87. The maximum Gasteiger partial charge on any atom is 0.335 e. The van der Waals surface area contributed by atoms with Crippen molar-refractivity contribution < 1.29 is 9.90 Å². The van der Waals surface area contributed by atoms with Crippen molar-refractivity contribution in [2.45, 2.75) is 19.5 Å². The highest BCUT2D eigenvalue weighted by atomic mass is 35.5. The molecular formula is C15H16ClN3O2. The Labute approximate surface area is 127 Å². The van der Waals surface area contributed by atoms with E-state index >= 15 is 0 Å². The lowest BCUT2D eigenvalue weighted by molar-refractivity contribution is 0.0694. The number of rotatable bonds is 3. The van der Waals surface area contributed by atoms with Gasteiger partial charge in [-0.15, -0.1) is 0 Å². The predicted molar refractivity (Wildman–Crippen MR) is 79.4 cm³/mol. The first-order chi connectivity index (χ1) is 10.1. The standard InChI is InChI=1S/C15H16ClN3O2/c1-18-13(16)7-17-14(18)9-19-6-5-11-10(8-19)3-2-4-12(11)15(20)21/h2-4,7H,5-6,8-9H2,1H3,(H,20,21). The predicted octanol–water partition coefficient (Wildman–Crippen LogP) is 2.33. The van der Waals surface area contributed by atoms with E-state index in [1.807, 2.05) is 23.7 Å². The summed E-state index contributed by atoms with van der Waals surface area (Å²) in [7, 11) is 1.89. The molecule has 110 valence electrons. The van der Waals surface area contributed by atoms with Crippen molar-refractivity contribution in [1.29, 1.82) is 0 Å². The number of carboxylic acids is 1. The molecular weight excluding hydrogens is 290 g/mol. The van der Waals surface area contributed by atoms with Gasteiger partial charge in [0.05, 0.1) is 18.3 Å². The average Bonchev–Trinajstić information content (AvgIpc) is 2.78. The molecule has 2 aromatic rings. The van der Waals surface area contributed by atoms with Crippen LogP contribution in [0, 0.1) is 0 Å². The number of benzene rings is 1. The van der Waals surface area contributed by atoms with E-state index in [1.54, 1.807) is 12.3 Å². The second-order valence-corrected chi connectivity index (χ2v) is 5.65. The zero-order valence-electron chi connectivity index (χ0n) is 11.7. The molecule has 0 bridgehead atoms. The number of imidazole rings is 1. The maximum absolute atomic E-state index is 11.3. The third-order valence-corrected chi connectivity index (χ3v) is 4.32. The minimum absolute atomic E-state index is 0.423. The lowest BCUT2D eigenvalue weighted by Crippen LogP contribution is -2.32. The summed E-state index contributed by atoms with van der Waals surface area (Å²) in [5, 5.41) is 9.86. The molecule has 0 saturated carbocycles. The summed E-state index contributed by atoms with van der Waals surface area (Å²) in [6, 6.07) is 5.48. The Hall–Kier alpha value is -1.85. The van der Waals surface area contributed by atoms with Crippen LogP contribution in [0.1, 0.15) is 27.3 Å². The van der Waals surface area contributed by atoms with Crippen LogP contribution in [0.5, 0.6) is 0 Å². The zero-order valence-corrected chi connectivity index (χ0v) is 12.5. The lowest BCUT2D eigenvalue weighted by Gasteiger charge is -2.29. The Kier molecular flexibility index (Phi) is 3.69. The quantitative estimate of drug-likeness (QED) is 0.945. The highest BCUT2D eigenvalue weighted by Crippen LogP contribution is 2.24. The van der Waals surface area contributed by atoms with E-state index in [2.05, 4.69) is 9.88 Å². The van der Waals surface area contributed by atoms with Crippen LogP contribution in [0.2, 0.25) is 5.15 Å². The fraction of sp³-hybridized carbons (Fsp3) is 0.333. The number of fused-ring (bicyclic) bond motifs is 1. The number of aromatic nitrogens is 2. The average molecular weight is 306 g/mol. The Morgan fingerprint density at radius 1 is 1.48 bits per heavy atom. The molecule has 0 spiro atoms. The van der Waals surface area contributed by atoms with E-state index in [1.165, 1.54) is 0 Å². The van der Waals surface area contributed by atoms with Crippen LogP contribution < -0.4 is 0 Å². The molecule has 1 N–H and O–H groups in total. The van der Waals surface area contributed by atoms with Crippen LogP contribution in [0.25, 0.3) is 0 Å². The fourth-order valence-corrected chi connectivity index (χ4v) is 2.92. The first-order valence-corrected chi connectivity index (χ1v) is 7.16. The van der Waals surface area contributed by atoms with Crippen LogP contribution in [-0.2, 0) is 26.6 Å². The molecule has 3 rings (SSSR count). The van der Waals surface area contributed by atoms with Crippen LogP contribution in [0.15, 0.2) is 24.4 Å². The molecule has 2 heterocycles. The Bertz CT molecular complexity index is 696. The minimum Gasteiger partial charge on any atom is -0.478 e. The Morgan fingerprint density at radius 3 is 2.95 bits per heavy atom. The van der Waals surface area contributed by atoms with Crippen molar-refractivity contribution in [1.82, 2.24) is 14.5 Å². The van der Waals surface area contributed by atoms with Gasteiger partial charge in [-0.1, -0.05) is 23.7 Å². The van der Waals surface area contributed by atoms with Gasteiger partial charge in [0.2, 0.25) is 0 Å². The molecule has 0 unspecified atom stereocenters. The van der Waals surface area contributed by atoms with Gasteiger partial charge in [-0.3, -0.25) is 4.90 Å². The molecule has 1 aromatic heterocycles. The number of hydrogen-bond acceptors (Lipinski definition) is 3. The number of nitrogens with zero attached hydrogens (tertiary/aromatic N) is 3. The van der Waals surface area contributed by atoms with Crippen LogP contribution >= 0.6 is 11.6 Å². The number of halogens is 1. The van der Waals surface area contributed by atoms with Gasteiger partial charge >= 0.3 is 5.97 Å². The molecule has 0 fully saturated rings. The molecule has 6 heteroatoms. The second-order valence-electron chi connectivity index (χ2n) is 5.27. The van der Waals surface area contributed by atoms with Gasteiger partial charge in [0.1, 0.15) is 11.0 Å². The smallest absolute Gasteiger partial charge is 0.335 e. The van der Waals surface area contributed by atoms with Crippen molar-refractivity contribution in [3.63, 3.8) is 0 Å². The van der Waals surface area contributed by atoms with Gasteiger partial charge in [0.25, 0.3) is 0 Å². The highest BCUT2D eigenvalue weighted by Gasteiger charge is 2.22. The molecule has 0 amide bonds. The van der Waals surface area contributed by atoms with Gasteiger partial charge in [-0.25, -0.2) is 9.78 Å². The maximum atomic E-state index is 11.3.